The van der Waals surface area contributed by atoms with Crippen molar-refractivity contribution in [1.29, 1.82) is 0 Å². The topological polar surface area (TPSA) is 9.23 Å². The Balaban J connectivity index is 2.18. The number of rotatable bonds is 1. The van der Waals surface area contributed by atoms with Crippen LogP contribution >= 0.6 is 15.9 Å². The Kier molecular flexibility index (Phi) is 2.48. The van der Waals surface area contributed by atoms with E-state index in [0.717, 1.165) is 11.8 Å². The maximum Gasteiger partial charge on any atom is 0.128 e. The zero-order chi connectivity index (χ0) is 8.60. The molecule has 2 saturated carbocycles. The van der Waals surface area contributed by atoms with E-state index in [2.05, 4.69) is 15.9 Å². The number of hydrogen-bond acceptors (Lipinski definition) is 1. The number of halogens is 1. The molecule has 2 aliphatic carbocycles. The van der Waals surface area contributed by atoms with E-state index in [1.54, 1.807) is 0 Å². The van der Waals surface area contributed by atoms with E-state index in [1.165, 1.54) is 38.5 Å². The Morgan fingerprint density at radius 3 is 1.75 bits per heavy atom. The van der Waals surface area contributed by atoms with Crippen molar-refractivity contribution in [2.24, 2.45) is 11.8 Å². The highest BCUT2D eigenvalue weighted by Gasteiger charge is 2.47. The average Bonchev–Trinajstić information content (AvgIpc) is 2.03. The highest BCUT2D eigenvalue weighted by molar-refractivity contribution is 9.10. The van der Waals surface area contributed by atoms with Gasteiger partial charge in [0.2, 0.25) is 0 Å². The van der Waals surface area contributed by atoms with Crippen molar-refractivity contribution in [3.63, 3.8) is 0 Å². The van der Waals surface area contributed by atoms with Crippen LogP contribution in [0.3, 0.4) is 0 Å². The molecular formula is C10H17BrO. The first-order chi connectivity index (χ1) is 5.77. The van der Waals surface area contributed by atoms with Crippen LogP contribution in [0.2, 0.25) is 0 Å². The second kappa shape index (κ2) is 3.30. The molecule has 0 amide bonds. The molecule has 2 aliphatic rings. The molecule has 2 fully saturated rings. The predicted octanol–water partition coefficient (Wildman–Crippen LogP) is 3.32. The fourth-order valence-corrected chi connectivity index (χ4v) is 3.88. The Bertz CT molecular complexity index is 147. The molecule has 12 heavy (non-hydrogen) atoms. The van der Waals surface area contributed by atoms with Crippen molar-refractivity contribution in [3.8, 4) is 0 Å². The lowest BCUT2D eigenvalue weighted by atomic mass is 9.70. The third-order valence-electron chi connectivity index (χ3n) is 3.64. The van der Waals surface area contributed by atoms with E-state index in [1.807, 2.05) is 7.11 Å². The van der Waals surface area contributed by atoms with Crippen molar-refractivity contribution in [3.05, 3.63) is 0 Å². The van der Waals surface area contributed by atoms with Gasteiger partial charge in [-0.3, -0.25) is 0 Å². The van der Waals surface area contributed by atoms with Gasteiger partial charge in [0.25, 0.3) is 0 Å². The highest BCUT2D eigenvalue weighted by Crippen LogP contribution is 2.52. The molecule has 2 rings (SSSR count). The van der Waals surface area contributed by atoms with Crippen LogP contribution in [0.5, 0.6) is 0 Å². The molecule has 0 saturated heterocycles. The molecule has 0 radical (unpaired) electrons. The van der Waals surface area contributed by atoms with Gasteiger partial charge in [0, 0.05) is 7.11 Å². The van der Waals surface area contributed by atoms with Crippen LogP contribution in [0.25, 0.3) is 0 Å². The molecule has 0 N–H and O–H groups in total. The third kappa shape index (κ3) is 1.24. The summed E-state index contributed by atoms with van der Waals surface area (Å²) in [6.07, 6.45) is 8.24. The molecule has 70 valence electrons. The minimum Gasteiger partial charge on any atom is -0.366 e. The average molecular weight is 233 g/mol. The smallest absolute Gasteiger partial charge is 0.128 e. The third-order valence-corrected chi connectivity index (χ3v) is 5.26. The van der Waals surface area contributed by atoms with Crippen LogP contribution in [0.4, 0.5) is 0 Å². The van der Waals surface area contributed by atoms with Crippen LogP contribution in [0.1, 0.15) is 38.5 Å². The molecule has 2 heteroatoms. The molecule has 0 aromatic rings. The lowest BCUT2D eigenvalue weighted by molar-refractivity contribution is -0.0685. The molecule has 2 bridgehead atoms. The molecule has 0 aromatic carbocycles. The molecule has 0 heterocycles. The van der Waals surface area contributed by atoms with Gasteiger partial charge in [-0.05, 0) is 37.5 Å². The number of fused-ring (bicyclic) bond motifs is 2. The van der Waals surface area contributed by atoms with E-state index in [-0.39, 0.29) is 4.51 Å². The maximum atomic E-state index is 5.66. The van der Waals surface area contributed by atoms with E-state index < -0.39 is 0 Å². The van der Waals surface area contributed by atoms with Gasteiger partial charge >= 0.3 is 0 Å². The monoisotopic (exact) mass is 232 g/mol. The van der Waals surface area contributed by atoms with E-state index in [4.69, 9.17) is 4.74 Å². The Morgan fingerprint density at radius 1 is 1.08 bits per heavy atom. The molecule has 1 nitrogen and oxygen atoms in total. The largest absolute Gasteiger partial charge is 0.366 e. The fourth-order valence-electron chi connectivity index (χ4n) is 2.96. The van der Waals surface area contributed by atoms with Crippen molar-refractivity contribution in [1.82, 2.24) is 0 Å². The first-order valence-electron chi connectivity index (χ1n) is 5.01. The SMILES string of the molecule is COC1(Br)C2CCCC1CCC2. The summed E-state index contributed by atoms with van der Waals surface area (Å²) in [5, 5.41) is 0. The summed E-state index contributed by atoms with van der Waals surface area (Å²) >= 11 is 3.82. The van der Waals surface area contributed by atoms with Crippen molar-refractivity contribution < 1.29 is 4.74 Å². The number of alkyl halides is 1. The Hall–Kier alpha value is 0.440. The van der Waals surface area contributed by atoms with E-state index in [0.29, 0.717) is 0 Å². The highest BCUT2D eigenvalue weighted by atomic mass is 79.9. The fraction of sp³-hybridized carbons (Fsp3) is 1.00. The number of ether oxygens (including phenoxy) is 1. The summed E-state index contributed by atoms with van der Waals surface area (Å²) < 4.78 is 5.71. The predicted molar refractivity (Wildman–Crippen MR) is 53.3 cm³/mol. The summed E-state index contributed by atoms with van der Waals surface area (Å²) in [5.41, 5.74) is 0. The van der Waals surface area contributed by atoms with Gasteiger partial charge in [-0.25, -0.2) is 0 Å². The summed E-state index contributed by atoms with van der Waals surface area (Å²) in [6, 6.07) is 0. The Morgan fingerprint density at radius 2 is 1.50 bits per heavy atom. The van der Waals surface area contributed by atoms with Crippen molar-refractivity contribution >= 4 is 15.9 Å². The van der Waals surface area contributed by atoms with Gasteiger partial charge in [0.05, 0.1) is 0 Å². The van der Waals surface area contributed by atoms with Crippen molar-refractivity contribution in [2.45, 2.75) is 43.0 Å². The lowest BCUT2D eigenvalue weighted by Gasteiger charge is -2.48. The minimum absolute atomic E-state index is 0.0451. The standard InChI is InChI=1S/C10H17BrO/c1-12-10(11)8-4-2-5-9(10)7-3-6-8/h8-9H,2-7H2,1H3. The second-order valence-electron chi connectivity index (χ2n) is 4.16. The van der Waals surface area contributed by atoms with Gasteiger partial charge < -0.3 is 4.74 Å². The lowest BCUT2D eigenvalue weighted by Crippen LogP contribution is -2.46. The van der Waals surface area contributed by atoms with Crippen LogP contribution in [0, 0.1) is 11.8 Å². The van der Waals surface area contributed by atoms with Gasteiger partial charge in [-0.1, -0.05) is 28.8 Å². The van der Waals surface area contributed by atoms with Crippen LogP contribution in [-0.4, -0.2) is 11.6 Å². The first kappa shape index (κ1) is 9.01. The molecular weight excluding hydrogens is 216 g/mol. The summed E-state index contributed by atoms with van der Waals surface area (Å²) in [4.78, 5) is 0. The van der Waals surface area contributed by atoms with Crippen LogP contribution < -0.4 is 0 Å². The zero-order valence-electron chi connectivity index (χ0n) is 7.68. The van der Waals surface area contributed by atoms with Gasteiger partial charge in [-0.2, -0.15) is 0 Å². The van der Waals surface area contributed by atoms with E-state index >= 15 is 0 Å². The normalized spacial score (nSPS) is 47.5. The summed E-state index contributed by atoms with van der Waals surface area (Å²) in [6.45, 7) is 0. The number of hydrogen-bond donors (Lipinski definition) is 0. The van der Waals surface area contributed by atoms with Gasteiger partial charge in [0.1, 0.15) is 4.51 Å². The van der Waals surface area contributed by atoms with E-state index in [9.17, 15) is 0 Å². The minimum atomic E-state index is 0.0451. The van der Waals surface area contributed by atoms with Gasteiger partial charge in [0.15, 0.2) is 0 Å². The molecule has 0 aromatic heterocycles. The van der Waals surface area contributed by atoms with Gasteiger partial charge in [-0.15, -0.1) is 0 Å². The molecule has 0 spiro atoms. The Labute approximate surface area is 83.0 Å². The number of methoxy groups -OCH3 is 1. The summed E-state index contributed by atoms with van der Waals surface area (Å²) in [5.74, 6) is 1.55. The van der Waals surface area contributed by atoms with Crippen molar-refractivity contribution in [2.75, 3.05) is 7.11 Å². The van der Waals surface area contributed by atoms with Crippen LogP contribution in [-0.2, 0) is 4.74 Å². The zero-order valence-corrected chi connectivity index (χ0v) is 9.27. The molecule has 0 aliphatic heterocycles. The maximum absolute atomic E-state index is 5.66. The molecule has 0 unspecified atom stereocenters. The first-order valence-corrected chi connectivity index (χ1v) is 5.80. The molecule has 0 atom stereocenters. The quantitative estimate of drug-likeness (QED) is 0.631. The second-order valence-corrected chi connectivity index (χ2v) is 5.40. The van der Waals surface area contributed by atoms with Crippen LogP contribution in [0.15, 0.2) is 0 Å². The summed E-state index contributed by atoms with van der Waals surface area (Å²) in [7, 11) is 1.85.